The molecular weight excluding hydrogens is 795 g/mol. The molecular formula is C53H66O6P2. The van der Waals surface area contributed by atoms with Gasteiger partial charge in [0.25, 0.3) is 0 Å². The minimum atomic E-state index is -2.03. The van der Waals surface area contributed by atoms with Crippen LogP contribution in [0.2, 0.25) is 0 Å². The Labute approximate surface area is 369 Å². The molecule has 0 saturated carbocycles. The van der Waals surface area contributed by atoms with Gasteiger partial charge < -0.3 is 27.1 Å². The predicted molar refractivity (Wildman–Crippen MR) is 258 cm³/mol. The van der Waals surface area contributed by atoms with Crippen LogP contribution in [0.1, 0.15) is 121 Å². The summed E-state index contributed by atoms with van der Waals surface area (Å²) >= 11 is 0. The van der Waals surface area contributed by atoms with Crippen molar-refractivity contribution in [2.24, 2.45) is 0 Å². The van der Waals surface area contributed by atoms with Crippen LogP contribution in [0.25, 0.3) is 11.1 Å². The fourth-order valence-corrected chi connectivity index (χ4v) is 9.56. The number of hydrogen-bond acceptors (Lipinski definition) is 6. The maximum absolute atomic E-state index is 7.29. The molecule has 5 aromatic rings. The molecule has 0 aliphatic rings. The molecule has 0 saturated heterocycles. The number of aryl methyl sites for hydroxylation is 9. The van der Waals surface area contributed by atoms with Gasteiger partial charge >= 0.3 is 17.2 Å². The van der Waals surface area contributed by atoms with E-state index in [1.165, 1.54) is 5.57 Å². The van der Waals surface area contributed by atoms with Gasteiger partial charge in [0.2, 0.25) is 0 Å². The molecule has 5 aromatic carbocycles. The Morgan fingerprint density at radius 3 is 1.39 bits per heavy atom. The van der Waals surface area contributed by atoms with Crippen LogP contribution in [0, 0.1) is 69.2 Å². The molecule has 0 aromatic heterocycles. The Morgan fingerprint density at radius 2 is 0.967 bits per heavy atom. The highest BCUT2D eigenvalue weighted by atomic mass is 31.2. The molecule has 5 rings (SSSR count). The first-order valence-corrected chi connectivity index (χ1v) is 23.6. The topological polar surface area (TPSA) is 55.4 Å². The fraction of sp³-hybridized carbons (Fsp3) is 0.358. The molecule has 0 N–H and O–H groups in total. The summed E-state index contributed by atoms with van der Waals surface area (Å²) in [6, 6.07) is 23.0. The standard InChI is InChI=1S/C53H66O6P2/c1-17-44-30-37(10)42(15)50(52(44)58-60(54-45(18-2)23-19-32(3)4)55-47-24-20-34(7)27-39(47)12)51-43(16)38(11)31-46(33(5)6)53(51)59-61(56-48-25-21-35(8)28-40(48)13)57-49-26-22-36(9)29-41(49)14/h19-31,33H,17-18H2,1-16H3. The van der Waals surface area contributed by atoms with Crippen molar-refractivity contribution in [3.8, 4) is 39.9 Å². The molecule has 61 heavy (non-hydrogen) atoms. The lowest BCUT2D eigenvalue weighted by atomic mass is 9.85. The maximum atomic E-state index is 7.29. The van der Waals surface area contributed by atoms with Gasteiger partial charge in [-0.25, -0.2) is 0 Å². The Hall–Kier alpha value is -4.76. The van der Waals surface area contributed by atoms with Crippen LogP contribution in [-0.4, -0.2) is 0 Å². The van der Waals surface area contributed by atoms with Crippen LogP contribution >= 0.6 is 17.2 Å². The quantitative estimate of drug-likeness (QED) is 0.0527. The van der Waals surface area contributed by atoms with Crippen molar-refractivity contribution in [3.63, 3.8) is 0 Å². The summed E-state index contributed by atoms with van der Waals surface area (Å²) in [6.45, 7) is 33.9. The molecule has 1 unspecified atom stereocenters. The highest BCUT2D eigenvalue weighted by molar-refractivity contribution is 7.43. The molecule has 0 fully saturated rings. The average Bonchev–Trinajstić information content (AvgIpc) is 3.19. The van der Waals surface area contributed by atoms with E-state index in [9.17, 15) is 0 Å². The van der Waals surface area contributed by atoms with Gasteiger partial charge in [-0.1, -0.05) is 105 Å². The number of hydrogen-bond donors (Lipinski definition) is 0. The van der Waals surface area contributed by atoms with Crippen molar-refractivity contribution < 1.29 is 27.1 Å². The second-order valence-corrected chi connectivity index (χ2v) is 18.8. The van der Waals surface area contributed by atoms with E-state index in [4.69, 9.17) is 27.1 Å². The van der Waals surface area contributed by atoms with E-state index < -0.39 is 17.2 Å². The van der Waals surface area contributed by atoms with Crippen molar-refractivity contribution >= 4 is 17.2 Å². The van der Waals surface area contributed by atoms with E-state index in [0.717, 1.165) is 90.1 Å². The van der Waals surface area contributed by atoms with Crippen molar-refractivity contribution in [1.29, 1.82) is 0 Å². The Balaban J connectivity index is 1.77. The monoisotopic (exact) mass is 860 g/mol. The summed E-state index contributed by atoms with van der Waals surface area (Å²) in [4.78, 5) is 0. The van der Waals surface area contributed by atoms with Gasteiger partial charge in [-0.15, -0.1) is 0 Å². The van der Waals surface area contributed by atoms with Crippen molar-refractivity contribution in [2.75, 3.05) is 0 Å². The Kier molecular flexibility index (Phi) is 16.2. The van der Waals surface area contributed by atoms with Gasteiger partial charge in [-0.3, -0.25) is 0 Å². The molecule has 0 spiro atoms. The molecule has 0 aliphatic heterocycles. The van der Waals surface area contributed by atoms with Gasteiger partial charge in [0.05, 0.1) is 0 Å². The predicted octanol–water partition coefficient (Wildman–Crippen LogP) is 16.8. The highest BCUT2D eigenvalue weighted by Crippen LogP contribution is 2.56. The van der Waals surface area contributed by atoms with E-state index in [1.54, 1.807) is 0 Å². The zero-order valence-corrected chi connectivity index (χ0v) is 41.1. The summed E-state index contributed by atoms with van der Waals surface area (Å²) in [5.74, 6) is 4.43. The van der Waals surface area contributed by atoms with E-state index in [2.05, 4.69) is 165 Å². The van der Waals surface area contributed by atoms with E-state index in [-0.39, 0.29) is 5.92 Å². The van der Waals surface area contributed by atoms with Gasteiger partial charge in [-0.2, -0.15) is 0 Å². The Morgan fingerprint density at radius 1 is 0.525 bits per heavy atom. The first-order chi connectivity index (χ1) is 28.9. The number of rotatable bonds is 17. The summed E-state index contributed by atoms with van der Waals surface area (Å²) in [6.07, 6.45) is 5.47. The van der Waals surface area contributed by atoms with Gasteiger partial charge in [-0.05, 0) is 170 Å². The van der Waals surface area contributed by atoms with Crippen LogP contribution in [0.15, 0.2) is 90.2 Å². The second kappa shape index (κ2) is 20.9. The normalized spacial score (nSPS) is 12.1. The zero-order valence-electron chi connectivity index (χ0n) is 39.3. The Bertz CT molecular complexity index is 2370. The van der Waals surface area contributed by atoms with E-state index in [1.807, 2.05) is 24.3 Å². The first kappa shape index (κ1) is 47.3. The number of benzene rings is 5. The van der Waals surface area contributed by atoms with Crippen LogP contribution in [-0.2, 0) is 10.9 Å². The van der Waals surface area contributed by atoms with E-state index >= 15 is 0 Å². The van der Waals surface area contributed by atoms with E-state index in [0.29, 0.717) is 35.2 Å². The largest absolute Gasteiger partial charge is 0.530 e. The third-order valence-corrected chi connectivity index (χ3v) is 13.0. The lowest BCUT2D eigenvalue weighted by molar-refractivity contribution is 0.322. The smallest absolute Gasteiger partial charge is 0.413 e. The molecule has 0 amide bonds. The second-order valence-electron chi connectivity index (χ2n) is 16.8. The lowest BCUT2D eigenvalue weighted by Crippen LogP contribution is -2.10. The molecule has 1 atom stereocenters. The molecule has 0 bridgehead atoms. The summed E-state index contributed by atoms with van der Waals surface area (Å²) in [5.41, 5.74) is 16.1. The van der Waals surface area contributed by atoms with Crippen molar-refractivity contribution in [1.82, 2.24) is 0 Å². The zero-order chi connectivity index (χ0) is 44.7. The van der Waals surface area contributed by atoms with Gasteiger partial charge in [0, 0.05) is 17.5 Å². The molecule has 8 heteroatoms. The molecule has 0 radical (unpaired) electrons. The van der Waals surface area contributed by atoms with Crippen LogP contribution in [0.5, 0.6) is 28.7 Å². The molecule has 0 aliphatic carbocycles. The minimum absolute atomic E-state index is 0.105. The minimum Gasteiger partial charge on any atom is -0.413 e. The molecule has 6 nitrogen and oxygen atoms in total. The maximum Gasteiger partial charge on any atom is 0.530 e. The van der Waals surface area contributed by atoms with Crippen LogP contribution in [0.4, 0.5) is 0 Å². The van der Waals surface area contributed by atoms with Crippen LogP contribution in [0.3, 0.4) is 0 Å². The van der Waals surface area contributed by atoms with Crippen molar-refractivity contribution in [3.05, 3.63) is 157 Å². The summed E-state index contributed by atoms with van der Waals surface area (Å²) in [5, 5.41) is 0. The number of allylic oxidation sites excluding steroid dienone is 4. The molecule has 0 heterocycles. The van der Waals surface area contributed by atoms with Gasteiger partial charge in [0.15, 0.2) is 0 Å². The fourth-order valence-electron chi connectivity index (χ4n) is 7.15. The van der Waals surface area contributed by atoms with Crippen LogP contribution < -0.4 is 22.6 Å². The third-order valence-electron chi connectivity index (χ3n) is 10.9. The SMILES string of the molecule is CCC(=CC=C(C)C)OP(Oc1ccc(C)cc1C)Oc1c(CC)cc(C)c(C)c1-c1c(C)c(C)cc(C(C)C)c1OP(Oc1ccc(C)cc1C)Oc1ccc(C)cc1C. The first-order valence-electron chi connectivity index (χ1n) is 21.4. The summed E-state index contributed by atoms with van der Waals surface area (Å²) < 4.78 is 41.7. The van der Waals surface area contributed by atoms with Crippen molar-refractivity contribution in [2.45, 2.75) is 130 Å². The summed E-state index contributed by atoms with van der Waals surface area (Å²) in [7, 11) is -4.02. The van der Waals surface area contributed by atoms with Gasteiger partial charge in [0.1, 0.15) is 34.5 Å². The molecule has 324 valence electrons. The average molecular weight is 861 g/mol. The highest BCUT2D eigenvalue weighted by Gasteiger charge is 2.33. The lowest BCUT2D eigenvalue weighted by Gasteiger charge is -2.29. The third kappa shape index (κ3) is 11.8.